The number of hydrogen-bond donors (Lipinski definition) is 0. The summed E-state index contributed by atoms with van der Waals surface area (Å²) in [4.78, 5) is 5.85. The number of hydrogen-bond acceptors (Lipinski definition) is 5. The van der Waals surface area contributed by atoms with Gasteiger partial charge in [-0.2, -0.15) is 0 Å². The molecule has 0 amide bonds. The van der Waals surface area contributed by atoms with E-state index in [0.29, 0.717) is 23.3 Å². The minimum Gasteiger partial charge on any atom is -0.454 e. The maximum Gasteiger partial charge on any atom is 0.231 e. The monoisotopic (exact) mass is 417 g/mol. The summed E-state index contributed by atoms with van der Waals surface area (Å²) in [7, 11) is 0. The zero-order valence-corrected chi connectivity index (χ0v) is 17.8. The maximum atomic E-state index is 6.07. The van der Waals surface area contributed by atoms with Gasteiger partial charge in [0, 0.05) is 17.0 Å². The number of nitrogens with zero attached hydrogens (tertiary/aromatic N) is 1. The SMILES string of the molecule is CC(C)c1ccc(N=C(C=CSc2ccccc2)Oc2ccc3c(c2)OCO3)cc1. The Kier molecular flexibility index (Phi) is 6.40. The van der Waals surface area contributed by atoms with Crippen LogP contribution in [0.3, 0.4) is 0 Å². The normalized spacial score (nSPS) is 13.2. The molecule has 0 N–H and O–H groups in total. The average molecular weight is 418 g/mol. The lowest BCUT2D eigenvalue weighted by molar-refractivity contribution is 0.174. The van der Waals surface area contributed by atoms with Crippen molar-refractivity contribution in [3.63, 3.8) is 0 Å². The first kappa shape index (κ1) is 20.1. The van der Waals surface area contributed by atoms with Crippen molar-refractivity contribution in [1.82, 2.24) is 0 Å². The topological polar surface area (TPSA) is 40.0 Å². The van der Waals surface area contributed by atoms with E-state index in [9.17, 15) is 0 Å². The van der Waals surface area contributed by atoms with Crippen LogP contribution in [-0.4, -0.2) is 12.7 Å². The Bertz CT molecular complexity index is 1040. The van der Waals surface area contributed by atoms with Gasteiger partial charge in [0.25, 0.3) is 0 Å². The van der Waals surface area contributed by atoms with Crippen LogP contribution < -0.4 is 14.2 Å². The lowest BCUT2D eigenvalue weighted by Crippen LogP contribution is -2.04. The zero-order chi connectivity index (χ0) is 20.8. The molecule has 4 nitrogen and oxygen atoms in total. The molecular formula is C25H23NO3S. The highest BCUT2D eigenvalue weighted by Crippen LogP contribution is 2.35. The van der Waals surface area contributed by atoms with Crippen molar-refractivity contribution >= 4 is 23.3 Å². The van der Waals surface area contributed by atoms with Crippen molar-refractivity contribution in [3.8, 4) is 17.2 Å². The van der Waals surface area contributed by atoms with Crippen LogP contribution in [-0.2, 0) is 0 Å². The highest BCUT2D eigenvalue weighted by Gasteiger charge is 2.14. The van der Waals surface area contributed by atoms with E-state index in [1.54, 1.807) is 11.8 Å². The van der Waals surface area contributed by atoms with Crippen LogP contribution in [0.5, 0.6) is 17.2 Å². The van der Waals surface area contributed by atoms with Crippen LogP contribution in [0, 0.1) is 0 Å². The maximum absolute atomic E-state index is 6.07. The molecule has 0 saturated carbocycles. The van der Waals surface area contributed by atoms with Gasteiger partial charge in [-0.15, -0.1) is 0 Å². The molecule has 0 radical (unpaired) electrons. The molecule has 0 aromatic heterocycles. The summed E-state index contributed by atoms with van der Waals surface area (Å²) in [6, 6.07) is 23.9. The second kappa shape index (κ2) is 9.55. The van der Waals surface area contributed by atoms with Crippen LogP contribution in [0.15, 0.2) is 94.2 Å². The predicted octanol–water partition coefficient (Wildman–Crippen LogP) is 6.95. The van der Waals surface area contributed by atoms with E-state index < -0.39 is 0 Å². The van der Waals surface area contributed by atoms with Gasteiger partial charge < -0.3 is 14.2 Å². The minimum absolute atomic E-state index is 0.232. The van der Waals surface area contributed by atoms with Gasteiger partial charge in [-0.05, 0) is 53.3 Å². The first-order valence-corrected chi connectivity index (χ1v) is 10.7. The summed E-state index contributed by atoms with van der Waals surface area (Å²) >= 11 is 1.61. The van der Waals surface area contributed by atoms with Crippen molar-refractivity contribution in [3.05, 3.63) is 89.8 Å². The largest absolute Gasteiger partial charge is 0.454 e. The first-order chi connectivity index (χ1) is 14.7. The molecule has 152 valence electrons. The Morgan fingerprint density at radius 2 is 1.73 bits per heavy atom. The van der Waals surface area contributed by atoms with Crippen LogP contribution >= 0.6 is 11.8 Å². The Morgan fingerprint density at radius 1 is 0.967 bits per heavy atom. The Hall–Kier alpha value is -3.18. The molecule has 0 saturated heterocycles. The third-order valence-corrected chi connectivity index (χ3v) is 5.34. The van der Waals surface area contributed by atoms with Crippen LogP contribution in [0.25, 0.3) is 0 Å². The number of ether oxygens (including phenoxy) is 3. The van der Waals surface area contributed by atoms with Gasteiger partial charge in [-0.3, -0.25) is 0 Å². The van der Waals surface area contributed by atoms with Gasteiger partial charge in [0.1, 0.15) is 5.75 Å². The highest BCUT2D eigenvalue weighted by atomic mass is 32.2. The van der Waals surface area contributed by atoms with Gasteiger partial charge in [-0.1, -0.05) is 55.9 Å². The van der Waals surface area contributed by atoms with Gasteiger partial charge in [-0.25, -0.2) is 4.99 Å². The quantitative estimate of drug-likeness (QED) is 0.247. The van der Waals surface area contributed by atoms with E-state index in [1.807, 2.05) is 60.0 Å². The smallest absolute Gasteiger partial charge is 0.231 e. The molecule has 0 spiro atoms. The fraction of sp³-hybridized carbons (Fsp3) is 0.160. The van der Waals surface area contributed by atoms with Crippen molar-refractivity contribution in [2.75, 3.05) is 6.79 Å². The fourth-order valence-electron chi connectivity index (χ4n) is 2.89. The molecule has 0 fully saturated rings. The molecule has 0 unspecified atom stereocenters. The summed E-state index contributed by atoms with van der Waals surface area (Å²) in [5.41, 5.74) is 2.12. The molecule has 5 heteroatoms. The molecular weight excluding hydrogens is 394 g/mol. The van der Waals surface area contributed by atoms with E-state index >= 15 is 0 Å². The van der Waals surface area contributed by atoms with Crippen LogP contribution in [0.1, 0.15) is 25.3 Å². The summed E-state index contributed by atoms with van der Waals surface area (Å²) in [5.74, 6) is 3.02. The number of rotatable bonds is 6. The number of benzene rings is 3. The molecule has 4 rings (SSSR count). The molecule has 1 aliphatic rings. The zero-order valence-electron chi connectivity index (χ0n) is 16.9. The first-order valence-electron chi connectivity index (χ1n) is 9.82. The van der Waals surface area contributed by atoms with E-state index in [4.69, 9.17) is 19.2 Å². The summed E-state index contributed by atoms with van der Waals surface area (Å²) in [5, 5.41) is 1.98. The molecule has 30 heavy (non-hydrogen) atoms. The average Bonchev–Trinajstić information content (AvgIpc) is 3.23. The molecule has 3 aromatic carbocycles. The minimum atomic E-state index is 0.232. The molecule has 0 atom stereocenters. The lowest BCUT2D eigenvalue weighted by atomic mass is 10.0. The van der Waals surface area contributed by atoms with E-state index in [-0.39, 0.29) is 6.79 Å². The van der Waals surface area contributed by atoms with E-state index in [2.05, 4.69) is 38.1 Å². The van der Waals surface area contributed by atoms with Crippen molar-refractivity contribution in [1.29, 1.82) is 0 Å². The standard InChI is InChI=1S/C25H23NO3S/c1-18(2)19-8-10-20(11-9-19)26-25(14-15-30-22-6-4-3-5-7-22)29-21-12-13-23-24(16-21)28-17-27-23/h3-16,18H,17H2,1-2H3. The fourth-order valence-corrected chi connectivity index (χ4v) is 3.54. The Labute approximate surface area is 181 Å². The Morgan fingerprint density at radius 3 is 2.50 bits per heavy atom. The molecule has 3 aromatic rings. The number of fused-ring (bicyclic) bond motifs is 1. The summed E-state index contributed by atoms with van der Waals surface area (Å²) < 4.78 is 16.9. The van der Waals surface area contributed by atoms with E-state index in [1.165, 1.54) is 5.56 Å². The molecule has 0 aliphatic carbocycles. The summed E-state index contributed by atoms with van der Waals surface area (Å²) in [6.07, 6.45) is 1.87. The summed E-state index contributed by atoms with van der Waals surface area (Å²) in [6.45, 7) is 4.58. The second-order valence-electron chi connectivity index (χ2n) is 7.05. The van der Waals surface area contributed by atoms with Gasteiger partial charge >= 0.3 is 0 Å². The molecule has 1 aliphatic heterocycles. The lowest BCUT2D eigenvalue weighted by Gasteiger charge is -2.08. The number of thioether (sulfide) groups is 1. The third-order valence-electron chi connectivity index (χ3n) is 4.52. The molecule has 1 heterocycles. The van der Waals surface area contributed by atoms with Crippen molar-refractivity contribution < 1.29 is 14.2 Å². The predicted molar refractivity (Wildman–Crippen MR) is 122 cm³/mol. The van der Waals surface area contributed by atoms with Crippen LogP contribution in [0.4, 0.5) is 5.69 Å². The number of aliphatic imine (C=N–C) groups is 1. The second-order valence-corrected chi connectivity index (χ2v) is 8.03. The van der Waals surface area contributed by atoms with E-state index in [0.717, 1.165) is 16.3 Å². The highest BCUT2D eigenvalue weighted by molar-refractivity contribution is 8.02. The van der Waals surface area contributed by atoms with Gasteiger partial charge in [0.2, 0.25) is 12.7 Å². The van der Waals surface area contributed by atoms with Crippen molar-refractivity contribution in [2.24, 2.45) is 4.99 Å². The third kappa shape index (κ3) is 5.24. The van der Waals surface area contributed by atoms with Gasteiger partial charge in [0.05, 0.1) is 5.69 Å². The van der Waals surface area contributed by atoms with Crippen molar-refractivity contribution in [2.45, 2.75) is 24.7 Å². The van der Waals surface area contributed by atoms with Gasteiger partial charge in [0.15, 0.2) is 11.5 Å². The Balaban J connectivity index is 1.56. The molecule has 0 bridgehead atoms. The van der Waals surface area contributed by atoms with Crippen LogP contribution in [0.2, 0.25) is 0 Å².